The topological polar surface area (TPSA) is 12.9 Å². The van der Waals surface area contributed by atoms with E-state index < -0.39 is 0 Å². The molecule has 1 aromatic rings. The van der Waals surface area contributed by atoms with E-state index in [1.807, 2.05) is 19.3 Å². The highest BCUT2D eigenvalue weighted by Crippen LogP contribution is 2.04. The van der Waals surface area contributed by atoms with Crippen molar-refractivity contribution >= 4 is 32.9 Å². The summed E-state index contributed by atoms with van der Waals surface area (Å²) in [6.45, 7) is 2.04. The van der Waals surface area contributed by atoms with E-state index in [-0.39, 0.29) is 18.4 Å². The molecular formula is C7H10Br2N+. The molecule has 0 radical (unpaired) electrons. The van der Waals surface area contributed by atoms with Crippen LogP contribution in [0, 0.1) is 6.92 Å². The number of alkyl halides is 1. The van der Waals surface area contributed by atoms with E-state index in [9.17, 15) is 0 Å². The molecule has 1 heterocycles. The first-order valence-electron chi connectivity index (χ1n) is 2.79. The minimum Gasteiger partial charge on any atom is -0.264 e. The van der Waals surface area contributed by atoms with Crippen molar-refractivity contribution in [3.63, 3.8) is 0 Å². The van der Waals surface area contributed by atoms with Crippen LogP contribution < -0.4 is 0 Å². The molecule has 0 spiro atoms. The molecule has 0 atom stereocenters. The lowest BCUT2D eigenvalue weighted by Crippen LogP contribution is -1.81. The maximum atomic E-state index is 4.03. The predicted octanol–water partition coefficient (Wildman–Crippen LogP) is 2.98. The quantitative estimate of drug-likeness (QED) is 0.713. The molecule has 0 saturated heterocycles. The number of hydrogen-bond donors (Lipinski definition) is 0. The molecule has 1 nitrogen and oxygen atoms in total. The number of aromatic nitrogens is 1. The summed E-state index contributed by atoms with van der Waals surface area (Å²) in [6, 6.07) is 2.11. The zero-order valence-corrected chi connectivity index (χ0v) is 8.97. The van der Waals surface area contributed by atoms with Gasteiger partial charge in [-0.25, -0.2) is 0 Å². The minimum atomic E-state index is 0. The summed E-state index contributed by atoms with van der Waals surface area (Å²) in [6.07, 6.45) is 3.72. The van der Waals surface area contributed by atoms with Crippen molar-refractivity contribution in [2.75, 3.05) is 0 Å². The summed E-state index contributed by atoms with van der Waals surface area (Å²) < 4.78 is 0. The first-order valence-corrected chi connectivity index (χ1v) is 3.91. The summed E-state index contributed by atoms with van der Waals surface area (Å²) in [7, 11) is 0. The van der Waals surface area contributed by atoms with Gasteiger partial charge in [0.25, 0.3) is 0 Å². The molecule has 0 aliphatic heterocycles. The van der Waals surface area contributed by atoms with Gasteiger partial charge < -0.3 is 0 Å². The maximum Gasteiger partial charge on any atom is 1.00 e. The SMILES string of the molecule is Br.Cc1cncc(CBr)c1.[H+]. The van der Waals surface area contributed by atoms with Crippen molar-refractivity contribution < 1.29 is 1.43 Å². The zero-order chi connectivity index (χ0) is 6.69. The fourth-order valence-corrected chi connectivity index (χ4v) is 0.997. The Hall–Kier alpha value is 0.110. The monoisotopic (exact) mass is 266 g/mol. The Morgan fingerprint density at radius 3 is 2.70 bits per heavy atom. The molecule has 10 heavy (non-hydrogen) atoms. The average molecular weight is 268 g/mol. The van der Waals surface area contributed by atoms with Gasteiger partial charge in [-0.1, -0.05) is 22.0 Å². The summed E-state index contributed by atoms with van der Waals surface area (Å²) in [5, 5.41) is 0.891. The summed E-state index contributed by atoms with van der Waals surface area (Å²) in [4.78, 5) is 4.03. The van der Waals surface area contributed by atoms with Crippen LogP contribution in [-0.2, 0) is 5.33 Å². The molecule has 0 N–H and O–H groups in total. The number of hydrogen-bond acceptors (Lipinski definition) is 1. The molecule has 0 bridgehead atoms. The van der Waals surface area contributed by atoms with Gasteiger partial charge in [-0.2, -0.15) is 0 Å². The maximum absolute atomic E-state index is 4.03. The minimum absolute atomic E-state index is 0. The van der Waals surface area contributed by atoms with Gasteiger partial charge in [0.1, 0.15) is 0 Å². The molecule has 0 amide bonds. The van der Waals surface area contributed by atoms with E-state index in [0.29, 0.717) is 0 Å². The molecule has 0 aromatic carbocycles. The van der Waals surface area contributed by atoms with E-state index in [1.54, 1.807) is 0 Å². The van der Waals surface area contributed by atoms with Crippen LogP contribution in [0.2, 0.25) is 0 Å². The summed E-state index contributed by atoms with van der Waals surface area (Å²) >= 11 is 3.35. The standard InChI is InChI=1S/C7H8BrN.BrH/c1-6-2-7(3-8)5-9-4-6;/h2,4-5H,3H2,1H3;1H/p+1. The van der Waals surface area contributed by atoms with E-state index >= 15 is 0 Å². The highest BCUT2D eigenvalue weighted by molar-refractivity contribution is 9.08. The number of rotatable bonds is 1. The summed E-state index contributed by atoms with van der Waals surface area (Å²) in [5.41, 5.74) is 2.45. The van der Waals surface area contributed by atoms with Crippen LogP contribution >= 0.6 is 32.9 Å². The normalized spacial score (nSPS) is 8.60. The molecule has 3 heteroatoms. The van der Waals surface area contributed by atoms with E-state index in [1.165, 1.54) is 11.1 Å². The van der Waals surface area contributed by atoms with Crippen LogP contribution in [0.3, 0.4) is 0 Å². The molecule has 0 unspecified atom stereocenters. The van der Waals surface area contributed by atoms with Crippen molar-refractivity contribution in [3.05, 3.63) is 29.6 Å². The second-order valence-electron chi connectivity index (χ2n) is 2.00. The Labute approximate surface area is 81.2 Å². The lowest BCUT2D eigenvalue weighted by atomic mass is 10.2. The van der Waals surface area contributed by atoms with Gasteiger partial charge >= 0.3 is 1.43 Å². The molecule has 56 valence electrons. The second kappa shape index (κ2) is 4.85. The molecule has 0 aliphatic rings. The first kappa shape index (κ1) is 10.1. The Bertz CT molecular complexity index is 205. The van der Waals surface area contributed by atoms with Crippen LogP contribution in [0.5, 0.6) is 0 Å². The number of halogens is 2. The van der Waals surface area contributed by atoms with Gasteiger partial charge in [0.05, 0.1) is 0 Å². The molecule has 0 fully saturated rings. The molecule has 1 rings (SSSR count). The van der Waals surface area contributed by atoms with E-state index in [2.05, 4.69) is 27.0 Å². The van der Waals surface area contributed by atoms with Crippen molar-refractivity contribution in [3.8, 4) is 0 Å². The fraction of sp³-hybridized carbons (Fsp3) is 0.286. The lowest BCUT2D eigenvalue weighted by molar-refractivity contribution is 1.21. The van der Waals surface area contributed by atoms with Gasteiger partial charge in [0.15, 0.2) is 0 Å². The molecular weight excluding hydrogens is 258 g/mol. The largest absolute Gasteiger partial charge is 1.00 e. The van der Waals surface area contributed by atoms with E-state index in [4.69, 9.17) is 0 Å². The third kappa shape index (κ3) is 2.80. The number of nitrogens with zero attached hydrogens (tertiary/aromatic N) is 1. The highest BCUT2D eigenvalue weighted by atomic mass is 79.9. The van der Waals surface area contributed by atoms with Gasteiger partial charge in [-0.15, -0.1) is 17.0 Å². The Kier molecular flexibility index (Phi) is 4.91. The molecule has 0 aliphatic carbocycles. The predicted molar refractivity (Wildman–Crippen MR) is 53.0 cm³/mol. The fourth-order valence-electron chi connectivity index (χ4n) is 0.691. The first-order chi connectivity index (χ1) is 4.33. The van der Waals surface area contributed by atoms with Gasteiger partial charge in [0, 0.05) is 17.7 Å². The zero-order valence-electron chi connectivity index (χ0n) is 6.67. The number of pyridine rings is 1. The van der Waals surface area contributed by atoms with Crippen LogP contribution in [0.15, 0.2) is 18.5 Å². The average Bonchev–Trinajstić information content (AvgIpc) is 1.88. The van der Waals surface area contributed by atoms with Gasteiger partial charge in [0.2, 0.25) is 0 Å². The van der Waals surface area contributed by atoms with Gasteiger partial charge in [-0.3, -0.25) is 4.98 Å². The Morgan fingerprint density at radius 1 is 1.60 bits per heavy atom. The highest BCUT2D eigenvalue weighted by Gasteiger charge is 1.88. The molecule has 0 saturated carbocycles. The molecule has 1 aromatic heterocycles. The Balaban J connectivity index is 0. The van der Waals surface area contributed by atoms with Crippen LogP contribution in [0.4, 0.5) is 0 Å². The lowest BCUT2D eigenvalue weighted by Gasteiger charge is -1.93. The van der Waals surface area contributed by atoms with Gasteiger partial charge in [-0.05, 0) is 18.1 Å². The van der Waals surface area contributed by atoms with Crippen molar-refractivity contribution in [1.82, 2.24) is 4.98 Å². The summed E-state index contributed by atoms with van der Waals surface area (Å²) in [5.74, 6) is 0. The van der Waals surface area contributed by atoms with Crippen LogP contribution in [0.25, 0.3) is 0 Å². The van der Waals surface area contributed by atoms with Crippen molar-refractivity contribution in [2.24, 2.45) is 0 Å². The van der Waals surface area contributed by atoms with E-state index in [0.717, 1.165) is 5.33 Å². The van der Waals surface area contributed by atoms with Crippen LogP contribution in [0.1, 0.15) is 12.6 Å². The Morgan fingerprint density at radius 2 is 2.30 bits per heavy atom. The third-order valence-electron chi connectivity index (χ3n) is 1.09. The van der Waals surface area contributed by atoms with Crippen LogP contribution in [-0.4, -0.2) is 4.98 Å². The third-order valence-corrected chi connectivity index (χ3v) is 1.73. The van der Waals surface area contributed by atoms with Crippen molar-refractivity contribution in [2.45, 2.75) is 12.3 Å². The number of aryl methyl sites for hydroxylation is 1. The smallest absolute Gasteiger partial charge is 0.264 e. The second-order valence-corrected chi connectivity index (χ2v) is 2.56. The van der Waals surface area contributed by atoms with Crippen molar-refractivity contribution in [1.29, 1.82) is 0 Å².